The normalized spacial score (nSPS) is 44.8. The number of ether oxygens (including phenoxy) is 1. The molecule has 2 aromatic rings. The van der Waals surface area contributed by atoms with Crippen molar-refractivity contribution >= 4 is 0 Å². The molecule has 0 aliphatic heterocycles. The van der Waals surface area contributed by atoms with Crippen LogP contribution in [-0.2, 0) is 11.3 Å². The lowest BCUT2D eigenvalue weighted by molar-refractivity contribution is -0.207. The van der Waals surface area contributed by atoms with Crippen molar-refractivity contribution in [3.8, 4) is 0 Å². The smallest absolute Gasteiger partial charge is 0.0946 e. The Morgan fingerprint density at radius 3 is 2.82 bits per heavy atom. The molecule has 0 radical (unpaired) electrons. The van der Waals surface area contributed by atoms with E-state index in [0.717, 1.165) is 44.8 Å². The molecule has 1 N–H and O–H groups in total. The van der Waals surface area contributed by atoms with Gasteiger partial charge >= 0.3 is 0 Å². The van der Waals surface area contributed by atoms with Gasteiger partial charge < -0.3 is 18.8 Å². The SMILES string of the molecule is C[C@]12CC[C@H](OCCn3ccnc3)C[C@H]1CC[C@@H]1[C@@H]2CC[C@]2(C)[C@@H](c3ccoc3)CC[C@@]12O. The Morgan fingerprint density at radius 1 is 1.12 bits per heavy atom. The third-order valence-electron chi connectivity index (χ3n) is 11.0. The molecule has 5 nitrogen and oxygen atoms in total. The highest BCUT2D eigenvalue weighted by Gasteiger charge is 2.67. The molecule has 4 fully saturated rings. The minimum atomic E-state index is -0.538. The van der Waals surface area contributed by atoms with Crippen molar-refractivity contribution in [2.45, 2.75) is 95.8 Å². The number of aromatic nitrogens is 2. The highest BCUT2D eigenvalue weighted by Crippen LogP contribution is 2.70. The van der Waals surface area contributed by atoms with E-state index in [1.807, 2.05) is 25.0 Å². The number of hydrogen-bond donors (Lipinski definition) is 1. The third kappa shape index (κ3) is 3.29. The summed E-state index contributed by atoms with van der Waals surface area (Å²) in [5.41, 5.74) is 1.07. The molecule has 33 heavy (non-hydrogen) atoms. The monoisotopic (exact) mass is 452 g/mol. The van der Waals surface area contributed by atoms with E-state index in [4.69, 9.17) is 9.15 Å². The number of imidazole rings is 1. The molecular formula is C28H40N2O3. The third-order valence-corrected chi connectivity index (χ3v) is 11.0. The molecule has 0 spiro atoms. The van der Waals surface area contributed by atoms with Crippen LogP contribution in [0.25, 0.3) is 0 Å². The molecule has 0 bridgehead atoms. The van der Waals surface area contributed by atoms with E-state index in [1.165, 1.54) is 37.7 Å². The second-order valence-corrected chi connectivity index (χ2v) is 12.1. The van der Waals surface area contributed by atoms with Crippen LogP contribution in [-0.4, -0.2) is 33.0 Å². The Hall–Kier alpha value is -1.59. The Kier molecular flexibility index (Phi) is 5.30. The minimum Gasteiger partial charge on any atom is -0.472 e. The summed E-state index contributed by atoms with van der Waals surface area (Å²) in [4.78, 5) is 4.12. The Bertz CT molecular complexity index is 943. The van der Waals surface area contributed by atoms with Gasteiger partial charge in [-0.15, -0.1) is 0 Å². The number of aliphatic hydroxyl groups is 1. The number of hydrogen-bond acceptors (Lipinski definition) is 4. The average molecular weight is 453 g/mol. The molecule has 5 heteroatoms. The number of nitrogens with zero attached hydrogens (tertiary/aromatic N) is 2. The Balaban J connectivity index is 1.15. The highest BCUT2D eigenvalue weighted by molar-refractivity contribution is 5.26. The molecule has 4 aliphatic carbocycles. The van der Waals surface area contributed by atoms with E-state index >= 15 is 0 Å². The number of furan rings is 1. The summed E-state index contributed by atoms with van der Waals surface area (Å²) in [6.45, 7) is 6.59. The van der Waals surface area contributed by atoms with Gasteiger partial charge in [0.1, 0.15) is 0 Å². The van der Waals surface area contributed by atoms with Crippen molar-refractivity contribution in [1.29, 1.82) is 0 Å². The van der Waals surface area contributed by atoms with Gasteiger partial charge in [-0.05, 0) is 98.5 Å². The molecule has 180 valence electrons. The standard InChI is InChI=1S/C28H40N2O3/c1-26-9-5-22(33-16-14-30-13-12-29-19-30)17-21(26)3-4-25-24(26)6-10-27(2)23(7-11-28(25,27)31)20-8-15-32-18-20/h8,12-13,15,18-19,21-25,31H,3-7,9-11,14,16-17H2,1-2H3/t21-,22+,23-,24+,25-,26+,27-,28-/m1/s1. The van der Waals surface area contributed by atoms with E-state index < -0.39 is 5.60 Å². The van der Waals surface area contributed by atoms with E-state index in [0.29, 0.717) is 29.3 Å². The molecule has 4 saturated carbocycles. The van der Waals surface area contributed by atoms with Crippen LogP contribution in [0.4, 0.5) is 0 Å². The Morgan fingerprint density at radius 2 is 2.03 bits per heavy atom. The quantitative estimate of drug-likeness (QED) is 0.623. The van der Waals surface area contributed by atoms with Crippen molar-refractivity contribution < 1.29 is 14.3 Å². The first-order valence-corrected chi connectivity index (χ1v) is 13.3. The molecule has 0 unspecified atom stereocenters. The summed E-state index contributed by atoms with van der Waals surface area (Å²) < 4.78 is 13.9. The lowest BCUT2D eigenvalue weighted by atomic mass is 9.43. The van der Waals surface area contributed by atoms with E-state index in [1.54, 1.807) is 6.26 Å². The summed E-state index contributed by atoms with van der Waals surface area (Å²) in [5, 5.41) is 12.3. The fraction of sp³-hybridized carbons (Fsp3) is 0.750. The van der Waals surface area contributed by atoms with Crippen LogP contribution in [0.2, 0.25) is 0 Å². The first kappa shape index (κ1) is 21.9. The molecule has 0 amide bonds. The lowest BCUT2D eigenvalue weighted by Gasteiger charge is -2.63. The summed E-state index contributed by atoms with van der Waals surface area (Å²) >= 11 is 0. The van der Waals surface area contributed by atoms with Crippen molar-refractivity contribution in [3.63, 3.8) is 0 Å². The van der Waals surface area contributed by atoms with Crippen LogP contribution < -0.4 is 0 Å². The van der Waals surface area contributed by atoms with E-state index in [-0.39, 0.29) is 5.41 Å². The summed E-state index contributed by atoms with van der Waals surface area (Å²) in [6.07, 6.45) is 20.2. The van der Waals surface area contributed by atoms with Gasteiger partial charge in [-0.3, -0.25) is 0 Å². The molecule has 4 aliphatic rings. The predicted octanol–water partition coefficient (Wildman–Crippen LogP) is 5.80. The average Bonchev–Trinajstić information content (AvgIpc) is 3.55. The van der Waals surface area contributed by atoms with Crippen LogP contribution in [0.3, 0.4) is 0 Å². The minimum absolute atomic E-state index is 0.0329. The molecule has 8 atom stereocenters. The van der Waals surface area contributed by atoms with E-state index in [9.17, 15) is 5.11 Å². The molecule has 6 rings (SSSR count). The van der Waals surface area contributed by atoms with Crippen molar-refractivity contribution in [2.75, 3.05) is 6.61 Å². The zero-order valence-corrected chi connectivity index (χ0v) is 20.3. The van der Waals surface area contributed by atoms with Crippen LogP contribution in [0.5, 0.6) is 0 Å². The predicted molar refractivity (Wildman–Crippen MR) is 127 cm³/mol. The zero-order chi connectivity index (χ0) is 22.7. The molecule has 0 aromatic carbocycles. The summed E-state index contributed by atoms with van der Waals surface area (Å²) in [7, 11) is 0. The summed E-state index contributed by atoms with van der Waals surface area (Å²) in [5.74, 6) is 2.23. The lowest BCUT2D eigenvalue weighted by Crippen LogP contribution is -2.62. The fourth-order valence-electron chi connectivity index (χ4n) is 9.09. The van der Waals surface area contributed by atoms with Gasteiger partial charge in [0.25, 0.3) is 0 Å². The molecule has 2 aromatic heterocycles. The topological polar surface area (TPSA) is 60.4 Å². The second-order valence-electron chi connectivity index (χ2n) is 12.1. The summed E-state index contributed by atoms with van der Waals surface area (Å²) in [6, 6.07) is 2.13. The van der Waals surface area contributed by atoms with E-state index in [2.05, 4.69) is 29.5 Å². The number of rotatable bonds is 5. The van der Waals surface area contributed by atoms with Crippen LogP contribution in [0.15, 0.2) is 41.7 Å². The van der Waals surface area contributed by atoms with Gasteiger partial charge in [0.2, 0.25) is 0 Å². The van der Waals surface area contributed by atoms with Gasteiger partial charge in [-0.2, -0.15) is 0 Å². The largest absolute Gasteiger partial charge is 0.472 e. The zero-order valence-electron chi connectivity index (χ0n) is 20.3. The van der Waals surface area contributed by atoms with Gasteiger partial charge in [0.05, 0.1) is 37.2 Å². The highest BCUT2D eigenvalue weighted by atomic mass is 16.5. The van der Waals surface area contributed by atoms with Crippen molar-refractivity contribution in [1.82, 2.24) is 9.55 Å². The first-order chi connectivity index (χ1) is 15.9. The van der Waals surface area contributed by atoms with Crippen LogP contribution in [0, 0.1) is 28.6 Å². The Labute approximate surface area is 197 Å². The molecule has 0 saturated heterocycles. The number of fused-ring (bicyclic) bond motifs is 5. The second kappa shape index (κ2) is 7.98. The van der Waals surface area contributed by atoms with Crippen molar-refractivity contribution in [2.24, 2.45) is 28.6 Å². The van der Waals surface area contributed by atoms with Gasteiger partial charge in [0, 0.05) is 24.4 Å². The van der Waals surface area contributed by atoms with Gasteiger partial charge in [0.15, 0.2) is 0 Å². The molecular weight excluding hydrogens is 412 g/mol. The van der Waals surface area contributed by atoms with Crippen LogP contribution >= 0.6 is 0 Å². The fourth-order valence-corrected chi connectivity index (χ4v) is 9.09. The first-order valence-electron chi connectivity index (χ1n) is 13.3. The maximum absolute atomic E-state index is 12.3. The maximum Gasteiger partial charge on any atom is 0.0946 e. The van der Waals surface area contributed by atoms with Gasteiger partial charge in [-0.1, -0.05) is 13.8 Å². The maximum atomic E-state index is 12.3. The van der Waals surface area contributed by atoms with Crippen molar-refractivity contribution in [3.05, 3.63) is 42.9 Å². The molecule has 2 heterocycles. The van der Waals surface area contributed by atoms with Gasteiger partial charge in [-0.25, -0.2) is 4.98 Å². The van der Waals surface area contributed by atoms with Crippen LogP contribution in [0.1, 0.15) is 83.1 Å².